The summed E-state index contributed by atoms with van der Waals surface area (Å²) in [6.45, 7) is 0. The smallest absolute Gasteiger partial charge is 0.256 e. The first-order valence-corrected chi connectivity index (χ1v) is 7.16. The van der Waals surface area contributed by atoms with Gasteiger partial charge in [0.25, 0.3) is 5.95 Å². The Kier molecular flexibility index (Phi) is 2.92. The van der Waals surface area contributed by atoms with E-state index >= 15 is 0 Å². The normalized spacial score (nSPS) is 14.1. The Balaban J connectivity index is 1.84. The maximum Gasteiger partial charge on any atom is 0.256 e. The number of rotatable bonds is 2. The fourth-order valence-corrected chi connectivity index (χ4v) is 2.72. The van der Waals surface area contributed by atoms with Crippen molar-refractivity contribution >= 4 is 11.6 Å². The summed E-state index contributed by atoms with van der Waals surface area (Å²) in [4.78, 5) is 17.2. The largest absolute Gasteiger partial charge is 0.271 e. The summed E-state index contributed by atoms with van der Waals surface area (Å²) in [7, 11) is 0. The molecule has 4 rings (SSSR count). The van der Waals surface area contributed by atoms with Crippen LogP contribution in [0.1, 0.15) is 24.2 Å². The Labute approximate surface area is 125 Å². The van der Waals surface area contributed by atoms with E-state index < -0.39 is 0 Å². The molecule has 1 aliphatic rings. The molecule has 0 radical (unpaired) electrons. The van der Waals surface area contributed by atoms with Gasteiger partial charge in [-0.2, -0.15) is 20.1 Å². The molecule has 3 heterocycles. The molecular weight excluding hydrogens is 290 g/mol. The highest BCUT2D eigenvalue weighted by Crippen LogP contribution is 2.22. The first-order valence-electron chi connectivity index (χ1n) is 6.78. The van der Waals surface area contributed by atoms with Gasteiger partial charge in [-0.05, 0) is 43.4 Å². The van der Waals surface area contributed by atoms with Crippen LogP contribution in [0.25, 0.3) is 11.9 Å². The molecule has 0 spiro atoms. The van der Waals surface area contributed by atoms with Crippen LogP contribution in [0.2, 0.25) is 5.28 Å². The van der Waals surface area contributed by atoms with Crippen molar-refractivity contribution in [3.05, 3.63) is 41.5 Å². The van der Waals surface area contributed by atoms with Gasteiger partial charge in [0.15, 0.2) is 0 Å². The lowest BCUT2D eigenvalue weighted by molar-refractivity contribution is 0.649. The number of imidazole rings is 1. The third-order valence-electron chi connectivity index (χ3n) is 3.54. The Bertz CT molecular complexity index is 778. The van der Waals surface area contributed by atoms with E-state index in [0.717, 1.165) is 30.7 Å². The molecular formula is C13H12ClN7. The highest BCUT2D eigenvalue weighted by atomic mass is 35.5. The maximum absolute atomic E-state index is 6.03. The molecule has 3 aromatic heterocycles. The number of hydrogen-bond acceptors (Lipinski definition) is 5. The Hall–Kier alpha value is -2.28. The van der Waals surface area contributed by atoms with Crippen LogP contribution in [0.4, 0.5) is 0 Å². The fourth-order valence-electron chi connectivity index (χ4n) is 2.57. The van der Waals surface area contributed by atoms with Crippen LogP contribution in [-0.2, 0) is 12.8 Å². The zero-order chi connectivity index (χ0) is 14.2. The van der Waals surface area contributed by atoms with Gasteiger partial charge in [0.2, 0.25) is 11.2 Å². The second kappa shape index (κ2) is 4.92. The summed E-state index contributed by atoms with van der Waals surface area (Å²) in [6, 6.07) is 1.80. The van der Waals surface area contributed by atoms with Gasteiger partial charge >= 0.3 is 0 Å². The number of aromatic nitrogens is 7. The maximum atomic E-state index is 6.03. The third-order valence-corrected chi connectivity index (χ3v) is 3.71. The molecule has 0 bridgehead atoms. The van der Waals surface area contributed by atoms with E-state index in [1.807, 2.05) is 4.57 Å². The molecule has 0 atom stereocenters. The van der Waals surface area contributed by atoms with Crippen LogP contribution >= 0.6 is 11.6 Å². The van der Waals surface area contributed by atoms with Crippen molar-refractivity contribution in [1.82, 2.24) is 34.3 Å². The van der Waals surface area contributed by atoms with E-state index in [4.69, 9.17) is 11.6 Å². The molecule has 0 aromatic carbocycles. The number of fused-ring (bicyclic) bond motifs is 1. The van der Waals surface area contributed by atoms with Crippen LogP contribution in [0, 0.1) is 0 Å². The standard InChI is InChI=1S/C13H12ClN7/c14-11-17-12(19-13(18-11)21-7-3-6-16-21)20-8-15-9-4-1-2-5-10(9)20/h3,6-8H,1-2,4-5H2. The molecule has 0 saturated carbocycles. The van der Waals surface area contributed by atoms with Crippen molar-refractivity contribution in [2.75, 3.05) is 0 Å². The van der Waals surface area contributed by atoms with E-state index in [9.17, 15) is 0 Å². The van der Waals surface area contributed by atoms with E-state index in [1.165, 1.54) is 6.42 Å². The highest BCUT2D eigenvalue weighted by Gasteiger charge is 2.18. The van der Waals surface area contributed by atoms with Gasteiger partial charge < -0.3 is 0 Å². The third kappa shape index (κ3) is 2.19. The SMILES string of the molecule is Clc1nc(-n2cccn2)nc(-n2cnc3c2CCCC3)n1. The fraction of sp³-hybridized carbons (Fsp3) is 0.308. The average Bonchev–Trinajstić information content (AvgIpc) is 3.16. The first-order chi connectivity index (χ1) is 10.3. The summed E-state index contributed by atoms with van der Waals surface area (Å²) in [5.74, 6) is 0.879. The summed E-state index contributed by atoms with van der Waals surface area (Å²) in [5.41, 5.74) is 2.29. The van der Waals surface area contributed by atoms with Crippen molar-refractivity contribution in [2.45, 2.75) is 25.7 Å². The topological polar surface area (TPSA) is 74.3 Å². The van der Waals surface area contributed by atoms with Crippen LogP contribution < -0.4 is 0 Å². The zero-order valence-corrected chi connectivity index (χ0v) is 11.9. The Morgan fingerprint density at radius 2 is 1.90 bits per heavy atom. The van der Waals surface area contributed by atoms with Gasteiger partial charge in [0, 0.05) is 18.1 Å². The minimum Gasteiger partial charge on any atom is -0.271 e. The number of halogens is 1. The van der Waals surface area contributed by atoms with Gasteiger partial charge in [-0.15, -0.1) is 0 Å². The van der Waals surface area contributed by atoms with E-state index in [-0.39, 0.29) is 5.28 Å². The molecule has 7 nitrogen and oxygen atoms in total. The lowest BCUT2D eigenvalue weighted by Crippen LogP contribution is -2.12. The Morgan fingerprint density at radius 1 is 1.05 bits per heavy atom. The summed E-state index contributed by atoms with van der Waals surface area (Å²) < 4.78 is 3.45. The molecule has 8 heteroatoms. The minimum absolute atomic E-state index is 0.142. The number of aryl methyl sites for hydroxylation is 1. The van der Waals surface area contributed by atoms with Crippen molar-refractivity contribution in [3.63, 3.8) is 0 Å². The monoisotopic (exact) mass is 301 g/mol. The number of nitrogens with zero attached hydrogens (tertiary/aromatic N) is 7. The molecule has 21 heavy (non-hydrogen) atoms. The molecule has 0 saturated heterocycles. The quantitative estimate of drug-likeness (QED) is 0.721. The van der Waals surface area contributed by atoms with Gasteiger partial charge in [-0.1, -0.05) is 0 Å². The molecule has 1 aliphatic carbocycles. The van der Waals surface area contributed by atoms with Gasteiger partial charge in [0.05, 0.1) is 5.69 Å². The highest BCUT2D eigenvalue weighted by molar-refractivity contribution is 6.28. The predicted molar refractivity (Wildman–Crippen MR) is 75.7 cm³/mol. The van der Waals surface area contributed by atoms with Crippen molar-refractivity contribution in [1.29, 1.82) is 0 Å². The molecule has 0 aliphatic heterocycles. The lowest BCUT2D eigenvalue weighted by Gasteiger charge is -2.13. The first kappa shape index (κ1) is 12.5. The molecule has 0 unspecified atom stereocenters. The summed E-state index contributed by atoms with van der Waals surface area (Å²) >= 11 is 6.03. The Morgan fingerprint density at radius 3 is 2.76 bits per heavy atom. The molecule has 106 valence electrons. The molecule has 0 fully saturated rings. The van der Waals surface area contributed by atoms with Crippen LogP contribution in [0.3, 0.4) is 0 Å². The summed E-state index contributed by atoms with van der Waals surface area (Å²) in [6.07, 6.45) is 9.51. The van der Waals surface area contributed by atoms with Crippen LogP contribution in [0.5, 0.6) is 0 Å². The van der Waals surface area contributed by atoms with Crippen LogP contribution in [-0.4, -0.2) is 34.3 Å². The number of hydrogen-bond donors (Lipinski definition) is 0. The average molecular weight is 302 g/mol. The second-order valence-corrected chi connectivity index (χ2v) is 5.21. The second-order valence-electron chi connectivity index (χ2n) is 4.87. The van der Waals surface area contributed by atoms with Gasteiger partial charge in [0.1, 0.15) is 6.33 Å². The van der Waals surface area contributed by atoms with E-state index in [2.05, 4.69) is 25.0 Å². The van der Waals surface area contributed by atoms with E-state index in [1.54, 1.807) is 29.5 Å². The zero-order valence-electron chi connectivity index (χ0n) is 11.1. The minimum atomic E-state index is 0.142. The van der Waals surface area contributed by atoms with Gasteiger partial charge in [-0.3, -0.25) is 4.57 Å². The van der Waals surface area contributed by atoms with Crippen molar-refractivity contribution < 1.29 is 0 Å². The molecule has 0 N–H and O–H groups in total. The molecule has 0 amide bonds. The predicted octanol–water partition coefficient (Wildman–Crippen LogP) is 1.78. The van der Waals surface area contributed by atoms with Crippen molar-refractivity contribution in [2.24, 2.45) is 0 Å². The summed E-state index contributed by atoms with van der Waals surface area (Å²) in [5, 5.41) is 4.26. The van der Waals surface area contributed by atoms with Crippen molar-refractivity contribution in [3.8, 4) is 11.9 Å². The van der Waals surface area contributed by atoms with Gasteiger partial charge in [-0.25, -0.2) is 9.67 Å². The lowest BCUT2D eigenvalue weighted by atomic mass is 10.0. The molecule has 3 aromatic rings. The van der Waals surface area contributed by atoms with Crippen LogP contribution in [0.15, 0.2) is 24.8 Å². The van der Waals surface area contributed by atoms with E-state index in [0.29, 0.717) is 11.9 Å².